The molecule has 0 saturated carbocycles. The molecule has 9 heteroatoms. The fourth-order valence-electron chi connectivity index (χ4n) is 2.64. The summed E-state index contributed by atoms with van der Waals surface area (Å²) in [6.45, 7) is 0. The van der Waals surface area contributed by atoms with Gasteiger partial charge in [0.1, 0.15) is 0 Å². The summed E-state index contributed by atoms with van der Waals surface area (Å²) in [6, 6.07) is 7.44. The van der Waals surface area contributed by atoms with E-state index in [1.54, 1.807) is 18.2 Å². The van der Waals surface area contributed by atoms with Crippen LogP contribution in [0.5, 0.6) is 23.0 Å². The first-order valence-corrected chi connectivity index (χ1v) is 8.00. The zero-order valence-corrected chi connectivity index (χ0v) is 15.8. The number of ether oxygens (including phenoxy) is 4. The van der Waals surface area contributed by atoms with Crippen LogP contribution in [-0.2, 0) is 4.79 Å². The maximum atomic E-state index is 12.1. The van der Waals surface area contributed by atoms with Crippen molar-refractivity contribution in [3.63, 3.8) is 0 Å². The lowest BCUT2D eigenvalue weighted by Crippen LogP contribution is -2.13. The highest BCUT2D eigenvalue weighted by atomic mass is 16.6. The number of nitrogens with zero attached hydrogens (tertiary/aromatic N) is 1. The van der Waals surface area contributed by atoms with Gasteiger partial charge in [-0.05, 0) is 35.4 Å². The summed E-state index contributed by atoms with van der Waals surface area (Å²) in [5.41, 5.74) is 6.23. The van der Waals surface area contributed by atoms with Crippen molar-refractivity contribution in [2.45, 2.75) is 0 Å². The number of hydrogen-bond donors (Lipinski definition) is 1. The molecule has 0 bridgehead atoms. The number of hydrogen-bond acceptors (Lipinski definition) is 7. The van der Waals surface area contributed by atoms with E-state index in [9.17, 15) is 14.9 Å². The van der Waals surface area contributed by atoms with E-state index in [1.807, 2.05) is 0 Å². The third-order valence-corrected chi connectivity index (χ3v) is 3.95. The predicted molar refractivity (Wildman–Crippen MR) is 103 cm³/mol. The molecular formula is C19H20N2O7. The Morgan fingerprint density at radius 3 is 1.96 bits per heavy atom. The summed E-state index contributed by atoms with van der Waals surface area (Å²) in [5.74, 6) is 0.412. The van der Waals surface area contributed by atoms with Crippen molar-refractivity contribution in [3.8, 4) is 23.0 Å². The number of benzene rings is 2. The number of nitrogens with two attached hydrogens (primary N) is 1. The first-order chi connectivity index (χ1) is 13.4. The smallest absolute Gasteiger partial charge is 0.311 e. The average Bonchev–Trinajstić information content (AvgIpc) is 2.70. The lowest BCUT2D eigenvalue weighted by Gasteiger charge is -2.15. The number of primary amides is 1. The van der Waals surface area contributed by atoms with E-state index >= 15 is 0 Å². The zero-order chi connectivity index (χ0) is 20.8. The molecule has 2 N–H and O–H groups in total. The molecule has 0 heterocycles. The van der Waals surface area contributed by atoms with Crippen molar-refractivity contribution in [1.82, 2.24) is 0 Å². The lowest BCUT2D eigenvalue weighted by atomic mass is 10.0. The van der Waals surface area contributed by atoms with E-state index in [0.717, 1.165) is 0 Å². The second-order valence-electron chi connectivity index (χ2n) is 5.52. The quantitative estimate of drug-likeness (QED) is 0.319. The highest BCUT2D eigenvalue weighted by Gasteiger charge is 2.19. The summed E-state index contributed by atoms with van der Waals surface area (Å²) in [5, 5.41) is 11.2. The molecule has 2 rings (SSSR count). The van der Waals surface area contributed by atoms with Gasteiger partial charge >= 0.3 is 5.69 Å². The Labute approximate surface area is 161 Å². The topological polar surface area (TPSA) is 123 Å². The first-order valence-electron chi connectivity index (χ1n) is 8.00. The maximum Gasteiger partial charge on any atom is 0.311 e. The minimum Gasteiger partial charge on any atom is -0.493 e. The van der Waals surface area contributed by atoms with Crippen LogP contribution in [0.1, 0.15) is 11.1 Å². The molecule has 2 aromatic carbocycles. The van der Waals surface area contributed by atoms with Crippen LogP contribution in [0.25, 0.3) is 11.6 Å². The Hall–Kier alpha value is -3.75. The largest absolute Gasteiger partial charge is 0.493 e. The molecule has 9 nitrogen and oxygen atoms in total. The van der Waals surface area contributed by atoms with Crippen molar-refractivity contribution in [2.24, 2.45) is 5.73 Å². The van der Waals surface area contributed by atoms with Crippen LogP contribution in [0.3, 0.4) is 0 Å². The number of nitro groups is 1. The van der Waals surface area contributed by atoms with Gasteiger partial charge in [0.05, 0.1) is 33.4 Å². The Morgan fingerprint density at radius 1 is 0.964 bits per heavy atom. The minimum absolute atomic E-state index is 0.107. The fraction of sp³-hybridized carbons (Fsp3) is 0.211. The van der Waals surface area contributed by atoms with Crippen molar-refractivity contribution in [1.29, 1.82) is 0 Å². The van der Waals surface area contributed by atoms with E-state index < -0.39 is 10.8 Å². The molecular weight excluding hydrogens is 368 g/mol. The third kappa shape index (κ3) is 4.14. The van der Waals surface area contributed by atoms with Crippen LogP contribution < -0.4 is 24.7 Å². The molecule has 0 radical (unpaired) electrons. The van der Waals surface area contributed by atoms with Crippen LogP contribution in [0.15, 0.2) is 30.3 Å². The van der Waals surface area contributed by atoms with Gasteiger partial charge < -0.3 is 24.7 Å². The van der Waals surface area contributed by atoms with Crippen LogP contribution in [0.4, 0.5) is 5.69 Å². The SMILES string of the molecule is COc1ccc(/C=C(/C(N)=O)c2cc(OC)c(OC)c(OC)c2)cc1[N+](=O)[O-]. The maximum absolute atomic E-state index is 12.1. The van der Waals surface area contributed by atoms with E-state index in [0.29, 0.717) is 28.4 Å². The molecule has 28 heavy (non-hydrogen) atoms. The highest BCUT2D eigenvalue weighted by Crippen LogP contribution is 2.40. The number of carbonyl (C=O) groups excluding carboxylic acids is 1. The van der Waals surface area contributed by atoms with Crippen molar-refractivity contribution >= 4 is 23.2 Å². The molecule has 1 amide bonds. The highest BCUT2D eigenvalue weighted by molar-refractivity contribution is 6.23. The molecule has 0 aliphatic carbocycles. The fourth-order valence-corrected chi connectivity index (χ4v) is 2.64. The molecule has 0 saturated heterocycles. The van der Waals surface area contributed by atoms with E-state index in [4.69, 9.17) is 24.7 Å². The van der Waals surface area contributed by atoms with E-state index in [-0.39, 0.29) is 17.0 Å². The normalized spacial score (nSPS) is 10.9. The molecule has 148 valence electrons. The molecule has 0 spiro atoms. The molecule has 0 aliphatic heterocycles. The van der Waals surface area contributed by atoms with E-state index in [1.165, 1.54) is 46.6 Å². The Kier molecular flexibility index (Phi) is 6.43. The van der Waals surface area contributed by atoms with Gasteiger partial charge in [-0.15, -0.1) is 0 Å². The molecule has 0 aromatic heterocycles. The van der Waals surface area contributed by atoms with Crippen LogP contribution in [0, 0.1) is 10.1 Å². The predicted octanol–water partition coefficient (Wildman–Crippen LogP) is 2.66. The Bertz CT molecular complexity index is 913. The van der Waals surface area contributed by atoms with Gasteiger partial charge in [-0.3, -0.25) is 14.9 Å². The Morgan fingerprint density at radius 2 is 1.54 bits per heavy atom. The van der Waals surface area contributed by atoms with E-state index in [2.05, 4.69) is 0 Å². The summed E-state index contributed by atoms with van der Waals surface area (Å²) >= 11 is 0. The summed E-state index contributed by atoms with van der Waals surface area (Å²) in [6.07, 6.45) is 1.44. The standard InChI is InChI=1S/C19H20N2O7/c1-25-15-6-5-11(8-14(15)21(23)24)7-13(19(20)22)12-9-16(26-2)18(28-4)17(10-12)27-3/h5-10H,1-4H3,(H2,20,22)/b13-7+. The number of rotatable bonds is 8. The van der Waals surface area contributed by atoms with Gasteiger partial charge in [0, 0.05) is 11.6 Å². The summed E-state index contributed by atoms with van der Waals surface area (Å²) in [4.78, 5) is 22.7. The number of carbonyl (C=O) groups is 1. The van der Waals surface area contributed by atoms with Gasteiger partial charge in [0.15, 0.2) is 17.2 Å². The molecule has 0 atom stereocenters. The van der Waals surface area contributed by atoms with Crippen LogP contribution in [-0.4, -0.2) is 39.3 Å². The monoisotopic (exact) mass is 388 g/mol. The summed E-state index contributed by atoms with van der Waals surface area (Å²) in [7, 11) is 5.69. The number of amides is 1. The summed E-state index contributed by atoms with van der Waals surface area (Å²) < 4.78 is 20.8. The van der Waals surface area contributed by atoms with Crippen LogP contribution >= 0.6 is 0 Å². The second-order valence-corrected chi connectivity index (χ2v) is 5.52. The van der Waals surface area contributed by atoms with Crippen molar-refractivity contribution < 1.29 is 28.7 Å². The van der Waals surface area contributed by atoms with Gasteiger partial charge in [0.2, 0.25) is 11.7 Å². The molecule has 0 unspecified atom stereocenters. The number of nitro benzene ring substituents is 1. The van der Waals surface area contributed by atoms with Gasteiger partial charge in [-0.25, -0.2) is 0 Å². The first kappa shape index (κ1) is 20.6. The average molecular weight is 388 g/mol. The second kappa shape index (κ2) is 8.76. The van der Waals surface area contributed by atoms with Gasteiger partial charge in [0.25, 0.3) is 0 Å². The molecule has 2 aromatic rings. The zero-order valence-electron chi connectivity index (χ0n) is 15.8. The third-order valence-electron chi connectivity index (χ3n) is 3.95. The van der Waals surface area contributed by atoms with Gasteiger partial charge in [-0.1, -0.05) is 6.07 Å². The number of methoxy groups -OCH3 is 4. The Balaban J connectivity index is 2.65. The minimum atomic E-state index is -0.729. The lowest BCUT2D eigenvalue weighted by molar-refractivity contribution is -0.385. The molecule has 0 aliphatic rings. The van der Waals surface area contributed by atoms with Crippen molar-refractivity contribution in [2.75, 3.05) is 28.4 Å². The van der Waals surface area contributed by atoms with Crippen molar-refractivity contribution in [3.05, 3.63) is 51.6 Å². The van der Waals surface area contributed by atoms with Crippen LogP contribution in [0.2, 0.25) is 0 Å². The van der Waals surface area contributed by atoms with Gasteiger partial charge in [-0.2, -0.15) is 0 Å². The molecule has 0 fully saturated rings.